The summed E-state index contributed by atoms with van der Waals surface area (Å²) in [6, 6.07) is 4.72. The van der Waals surface area contributed by atoms with Crippen molar-refractivity contribution in [3.63, 3.8) is 0 Å². The molecule has 0 aliphatic carbocycles. The third kappa shape index (κ3) is 4.18. The standard InChI is InChI=1S/C13H16O5/c1-8(7-14)11-4-12(17-9(2)15)6-13(5-11)18-10(3)16/h4-6,8,14H,7H2,1-3H3. The van der Waals surface area contributed by atoms with Crippen molar-refractivity contribution in [2.24, 2.45) is 0 Å². The van der Waals surface area contributed by atoms with E-state index in [4.69, 9.17) is 14.6 Å². The largest absolute Gasteiger partial charge is 0.427 e. The van der Waals surface area contributed by atoms with Crippen LogP contribution in [0, 0.1) is 0 Å². The van der Waals surface area contributed by atoms with Crippen molar-refractivity contribution in [1.82, 2.24) is 0 Å². The second kappa shape index (κ2) is 6.16. The SMILES string of the molecule is CC(=O)Oc1cc(OC(C)=O)cc(C(C)CO)c1. The fourth-order valence-corrected chi connectivity index (χ4v) is 1.43. The summed E-state index contributed by atoms with van der Waals surface area (Å²) in [5.41, 5.74) is 0.729. The number of aliphatic hydroxyl groups is 1. The fourth-order valence-electron chi connectivity index (χ4n) is 1.43. The summed E-state index contributed by atoms with van der Waals surface area (Å²) in [6.45, 7) is 4.33. The van der Waals surface area contributed by atoms with Crippen LogP contribution in [0.3, 0.4) is 0 Å². The highest BCUT2D eigenvalue weighted by Crippen LogP contribution is 2.27. The molecule has 1 N–H and O–H groups in total. The van der Waals surface area contributed by atoms with Gasteiger partial charge in [0.1, 0.15) is 11.5 Å². The van der Waals surface area contributed by atoms with Crippen molar-refractivity contribution in [2.45, 2.75) is 26.7 Å². The Morgan fingerprint density at radius 1 is 1.11 bits per heavy atom. The maximum atomic E-state index is 10.9. The first-order valence-electron chi connectivity index (χ1n) is 5.55. The Bertz CT molecular complexity index is 418. The van der Waals surface area contributed by atoms with Gasteiger partial charge in [-0.25, -0.2) is 0 Å². The molecular formula is C13H16O5. The summed E-state index contributed by atoms with van der Waals surface area (Å²) in [4.78, 5) is 21.8. The molecule has 0 saturated carbocycles. The van der Waals surface area contributed by atoms with E-state index < -0.39 is 11.9 Å². The van der Waals surface area contributed by atoms with Crippen LogP contribution in [0.25, 0.3) is 0 Å². The van der Waals surface area contributed by atoms with E-state index in [1.54, 1.807) is 12.1 Å². The van der Waals surface area contributed by atoms with Crippen LogP contribution < -0.4 is 9.47 Å². The van der Waals surface area contributed by atoms with Gasteiger partial charge in [0.15, 0.2) is 0 Å². The van der Waals surface area contributed by atoms with E-state index in [1.165, 1.54) is 19.9 Å². The molecule has 18 heavy (non-hydrogen) atoms. The lowest BCUT2D eigenvalue weighted by atomic mass is 10.0. The van der Waals surface area contributed by atoms with Crippen molar-refractivity contribution in [1.29, 1.82) is 0 Å². The molecule has 0 aliphatic rings. The van der Waals surface area contributed by atoms with Gasteiger partial charge in [-0.3, -0.25) is 9.59 Å². The van der Waals surface area contributed by atoms with Gasteiger partial charge in [-0.05, 0) is 17.7 Å². The first kappa shape index (κ1) is 14.2. The molecule has 0 radical (unpaired) electrons. The summed E-state index contributed by atoms with van der Waals surface area (Å²) >= 11 is 0. The van der Waals surface area contributed by atoms with Gasteiger partial charge in [0.2, 0.25) is 0 Å². The monoisotopic (exact) mass is 252 g/mol. The van der Waals surface area contributed by atoms with Crippen molar-refractivity contribution in [2.75, 3.05) is 6.61 Å². The molecule has 1 rings (SSSR count). The normalized spacial score (nSPS) is 11.8. The first-order valence-corrected chi connectivity index (χ1v) is 5.55. The molecule has 0 aliphatic heterocycles. The van der Waals surface area contributed by atoms with E-state index in [9.17, 15) is 9.59 Å². The fraction of sp³-hybridized carbons (Fsp3) is 0.385. The van der Waals surface area contributed by atoms with Crippen molar-refractivity contribution in [3.05, 3.63) is 23.8 Å². The summed E-state index contributed by atoms with van der Waals surface area (Å²) in [7, 11) is 0. The summed E-state index contributed by atoms with van der Waals surface area (Å²) in [5.74, 6) is -0.488. The third-order valence-corrected chi connectivity index (χ3v) is 2.27. The predicted molar refractivity (Wildman–Crippen MR) is 64.6 cm³/mol. The summed E-state index contributed by atoms with van der Waals surface area (Å²) in [6.07, 6.45) is 0. The highest BCUT2D eigenvalue weighted by molar-refractivity contribution is 5.71. The van der Waals surface area contributed by atoms with Crippen LogP contribution in [0.1, 0.15) is 32.3 Å². The molecule has 98 valence electrons. The number of aliphatic hydroxyl groups excluding tert-OH is 1. The molecule has 1 aromatic carbocycles. The Balaban J connectivity index is 3.10. The van der Waals surface area contributed by atoms with E-state index in [0.717, 1.165) is 5.56 Å². The van der Waals surface area contributed by atoms with Gasteiger partial charge >= 0.3 is 11.9 Å². The Morgan fingerprint density at radius 3 is 1.89 bits per heavy atom. The van der Waals surface area contributed by atoms with Gasteiger partial charge in [0.25, 0.3) is 0 Å². The quantitative estimate of drug-likeness (QED) is 0.651. The number of hydrogen-bond donors (Lipinski definition) is 1. The minimum atomic E-state index is -0.461. The predicted octanol–water partition coefficient (Wildman–Crippen LogP) is 1.63. The lowest BCUT2D eigenvalue weighted by Crippen LogP contribution is -2.07. The van der Waals surface area contributed by atoms with Gasteiger partial charge < -0.3 is 14.6 Å². The zero-order valence-electron chi connectivity index (χ0n) is 10.6. The second-order valence-corrected chi connectivity index (χ2v) is 4.01. The molecular weight excluding hydrogens is 236 g/mol. The van der Waals surface area contributed by atoms with Gasteiger partial charge in [0.05, 0.1) is 0 Å². The minimum absolute atomic E-state index is 0.0525. The van der Waals surface area contributed by atoms with E-state index in [0.29, 0.717) is 0 Å². The maximum absolute atomic E-state index is 10.9. The number of rotatable bonds is 4. The molecule has 0 aromatic heterocycles. The first-order chi connectivity index (χ1) is 8.42. The molecule has 0 saturated heterocycles. The minimum Gasteiger partial charge on any atom is -0.427 e. The molecule has 1 aromatic rings. The molecule has 5 heteroatoms. The van der Waals surface area contributed by atoms with Crippen LogP contribution in [0.15, 0.2) is 18.2 Å². The number of hydrogen-bond acceptors (Lipinski definition) is 5. The van der Waals surface area contributed by atoms with Gasteiger partial charge in [-0.15, -0.1) is 0 Å². The Hall–Kier alpha value is -1.88. The zero-order chi connectivity index (χ0) is 13.7. The molecule has 5 nitrogen and oxygen atoms in total. The lowest BCUT2D eigenvalue weighted by Gasteiger charge is -2.12. The summed E-state index contributed by atoms with van der Waals surface area (Å²) < 4.78 is 9.92. The Morgan fingerprint density at radius 2 is 1.56 bits per heavy atom. The van der Waals surface area contributed by atoms with Crippen LogP contribution in [0.2, 0.25) is 0 Å². The number of esters is 2. The average molecular weight is 252 g/mol. The van der Waals surface area contributed by atoms with E-state index in [1.807, 2.05) is 6.92 Å². The summed E-state index contributed by atoms with van der Waals surface area (Å²) in [5, 5.41) is 9.12. The molecule has 1 unspecified atom stereocenters. The molecule has 0 spiro atoms. The number of carbonyl (C=O) groups excluding carboxylic acids is 2. The smallest absolute Gasteiger partial charge is 0.308 e. The Labute approximate surface area is 105 Å². The molecule has 0 heterocycles. The topological polar surface area (TPSA) is 72.8 Å². The maximum Gasteiger partial charge on any atom is 0.308 e. The Kier molecular flexibility index (Phi) is 4.85. The van der Waals surface area contributed by atoms with Crippen molar-refractivity contribution < 1.29 is 24.2 Å². The van der Waals surface area contributed by atoms with Crippen LogP contribution in [-0.2, 0) is 9.59 Å². The molecule has 0 bridgehead atoms. The van der Waals surface area contributed by atoms with Crippen LogP contribution >= 0.6 is 0 Å². The average Bonchev–Trinajstić information content (AvgIpc) is 2.25. The van der Waals surface area contributed by atoms with E-state index in [-0.39, 0.29) is 24.0 Å². The number of carbonyl (C=O) groups is 2. The number of benzene rings is 1. The second-order valence-electron chi connectivity index (χ2n) is 4.01. The zero-order valence-corrected chi connectivity index (χ0v) is 10.6. The van der Waals surface area contributed by atoms with Crippen LogP contribution in [-0.4, -0.2) is 23.7 Å². The van der Waals surface area contributed by atoms with Crippen molar-refractivity contribution >= 4 is 11.9 Å². The molecule has 0 fully saturated rings. The molecule has 1 atom stereocenters. The third-order valence-electron chi connectivity index (χ3n) is 2.27. The van der Waals surface area contributed by atoms with Crippen molar-refractivity contribution in [3.8, 4) is 11.5 Å². The van der Waals surface area contributed by atoms with Gasteiger partial charge in [0, 0.05) is 32.4 Å². The van der Waals surface area contributed by atoms with Crippen LogP contribution in [0.4, 0.5) is 0 Å². The van der Waals surface area contributed by atoms with Crippen LogP contribution in [0.5, 0.6) is 11.5 Å². The molecule has 0 amide bonds. The number of ether oxygens (including phenoxy) is 2. The van der Waals surface area contributed by atoms with E-state index in [2.05, 4.69) is 0 Å². The lowest BCUT2D eigenvalue weighted by molar-refractivity contribution is -0.132. The highest BCUT2D eigenvalue weighted by Gasteiger charge is 2.11. The van der Waals surface area contributed by atoms with E-state index >= 15 is 0 Å². The van der Waals surface area contributed by atoms with Gasteiger partial charge in [-0.1, -0.05) is 6.92 Å². The van der Waals surface area contributed by atoms with Gasteiger partial charge in [-0.2, -0.15) is 0 Å². The highest BCUT2D eigenvalue weighted by atomic mass is 16.5.